The molecule has 2 aromatic rings. The highest BCUT2D eigenvalue weighted by molar-refractivity contribution is 5.42. The van der Waals surface area contributed by atoms with Gasteiger partial charge in [-0.1, -0.05) is 0 Å². The predicted molar refractivity (Wildman–Crippen MR) is 47.5 cm³/mol. The van der Waals surface area contributed by atoms with Gasteiger partial charge in [-0.05, 0) is 25.5 Å². The van der Waals surface area contributed by atoms with E-state index in [0.717, 1.165) is 16.9 Å². The predicted octanol–water partition coefficient (Wildman–Crippen LogP) is 1.24. The van der Waals surface area contributed by atoms with Gasteiger partial charge in [0.05, 0.1) is 0 Å². The third-order valence-electron chi connectivity index (χ3n) is 1.86. The van der Waals surface area contributed by atoms with Crippen molar-refractivity contribution in [2.45, 2.75) is 13.8 Å². The Morgan fingerprint density at radius 1 is 1.33 bits per heavy atom. The zero-order valence-corrected chi connectivity index (χ0v) is 7.09. The number of H-pyrrole nitrogens is 1. The molecule has 1 N–H and O–H groups in total. The highest BCUT2D eigenvalue weighted by atomic mass is 16.1. The van der Waals surface area contributed by atoms with E-state index in [1.165, 1.54) is 0 Å². The van der Waals surface area contributed by atoms with E-state index in [0.29, 0.717) is 0 Å². The van der Waals surface area contributed by atoms with Crippen LogP contribution in [-0.2, 0) is 0 Å². The molecule has 2 aromatic heterocycles. The average Bonchev–Trinajstić information content (AvgIpc) is 2.29. The maximum Gasteiger partial charge on any atom is 0.256 e. The number of nitrogens with one attached hydrogen (secondary N) is 1. The molecule has 2 heterocycles. The summed E-state index contributed by atoms with van der Waals surface area (Å²) in [5, 5.41) is 0. The normalized spacial score (nSPS) is 10.8. The standard InChI is InChI=1S/C9H10N2O/c1-6-3-8-10-7(2)5-11(8)9(12)4-6/h3-5,10H,1-2H3. The quantitative estimate of drug-likeness (QED) is 0.621. The molecule has 0 saturated heterocycles. The second-order valence-corrected chi connectivity index (χ2v) is 3.06. The Balaban J connectivity index is 2.98. The highest BCUT2D eigenvalue weighted by Crippen LogP contribution is 2.02. The molecule has 0 saturated carbocycles. The molecule has 62 valence electrons. The molecule has 0 spiro atoms. The maximum atomic E-state index is 11.4. The number of nitrogens with zero attached hydrogens (tertiary/aromatic N) is 1. The fourth-order valence-electron chi connectivity index (χ4n) is 1.37. The number of aryl methyl sites for hydroxylation is 2. The zero-order valence-electron chi connectivity index (χ0n) is 7.09. The molecule has 0 amide bonds. The lowest BCUT2D eigenvalue weighted by molar-refractivity contribution is 1.10. The molecule has 0 bridgehead atoms. The molecule has 0 aliphatic heterocycles. The number of fused-ring (bicyclic) bond motifs is 1. The first-order valence-corrected chi connectivity index (χ1v) is 3.85. The van der Waals surface area contributed by atoms with E-state index in [4.69, 9.17) is 0 Å². The fraction of sp³-hybridized carbons (Fsp3) is 0.222. The Morgan fingerprint density at radius 2 is 2.08 bits per heavy atom. The van der Waals surface area contributed by atoms with Crippen molar-refractivity contribution in [1.82, 2.24) is 9.38 Å². The van der Waals surface area contributed by atoms with Crippen LogP contribution in [0.2, 0.25) is 0 Å². The molecular weight excluding hydrogens is 152 g/mol. The topological polar surface area (TPSA) is 37.3 Å². The summed E-state index contributed by atoms with van der Waals surface area (Å²) in [4.78, 5) is 14.5. The van der Waals surface area contributed by atoms with Crippen LogP contribution < -0.4 is 5.56 Å². The molecule has 0 fully saturated rings. The minimum atomic E-state index is 0.0225. The van der Waals surface area contributed by atoms with Crippen molar-refractivity contribution in [3.63, 3.8) is 0 Å². The summed E-state index contributed by atoms with van der Waals surface area (Å²) in [5.74, 6) is 0. The van der Waals surface area contributed by atoms with E-state index in [2.05, 4.69) is 4.98 Å². The lowest BCUT2D eigenvalue weighted by Gasteiger charge is -1.92. The highest BCUT2D eigenvalue weighted by Gasteiger charge is 1.98. The Bertz CT molecular complexity index is 479. The van der Waals surface area contributed by atoms with Crippen molar-refractivity contribution in [3.05, 3.63) is 39.9 Å². The first-order chi connectivity index (χ1) is 5.66. The number of aromatic amines is 1. The Kier molecular flexibility index (Phi) is 1.33. The van der Waals surface area contributed by atoms with E-state index in [9.17, 15) is 4.79 Å². The van der Waals surface area contributed by atoms with Gasteiger partial charge in [0.15, 0.2) is 0 Å². The number of pyridine rings is 1. The van der Waals surface area contributed by atoms with Gasteiger partial charge in [-0.25, -0.2) is 0 Å². The van der Waals surface area contributed by atoms with Crippen LogP contribution in [-0.4, -0.2) is 9.38 Å². The molecular formula is C9H10N2O. The van der Waals surface area contributed by atoms with Crippen LogP contribution in [0.15, 0.2) is 23.1 Å². The van der Waals surface area contributed by atoms with Crippen LogP contribution >= 0.6 is 0 Å². The molecule has 0 atom stereocenters. The van der Waals surface area contributed by atoms with E-state index in [-0.39, 0.29) is 5.56 Å². The lowest BCUT2D eigenvalue weighted by atomic mass is 10.3. The summed E-state index contributed by atoms with van der Waals surface area (Å²) in [5.41, 5.74) is 2.87. The fourth-order valence-corrected chi connectivity index (χ4v) is 1.37. The van der Waals surface area contributed by atoms with Gasteiger partial charge < -0.3 is 4.98 Å². The van der Waals surface area contributed by atoms with Crippen molar-refractivity contribution in [2.75, 3.05) is 0 Å². The first kappa shape index (κ1) is 7.16. The lowest BCUT2D eigenvalue weighted by Crippen LogP contribution is -2.09. The van der Waals surface area contributed by atoms with Crippen LogP contribution in [0.1, 0.15) is 11.3 Å². The Hall–Kier alpha value is -1.51. The van der Waals surface area contributed by atoms with Gasteiger partial charge in [-0.2, -0.15) is 0 Å². The summed E-state index contributed by atoms with van der Waals surface area (Å²) in [7, 11) is 0. The number of aromatic nitrogens is 2. The molecule has 2 rings (SSSR count). The monoisotopic (exact) mass is 162 g/mol. The van der Waals surface area contributed by atoms with Gasteiger partial charge in [0, 0.05) is 18.0 Å². The van der Waals surface area contributed by atoms with Crippen LogP contribution in [0.5, 0.6) is 0 Å². The van der Waals surface area contributed by atoms with Crippen molar-refractivity contribution in [1.29, 1.82) is 0 Å². The van der Waals surface area contributed by atoms with Crippen molar-refractivity contribution >= 4 is 5.65 Å². The Morgan fingerprint density at radius 3 is 2.83 bits per heavy atom. The first-order valence-electron chi connectivity index (χ1n) is 3.85. The van der Waals surface area contributed by atoms with Crippen LogP contribution in [0.25, 0.3) is 5.65 Å². The van der Waals surface area contributed by atoms with E-state index < -0.39 is 0 Å². The number of imidazole rings is 1. The SMILES string of the molecule is Cc1cc(=O)n2cc(C)[nH]c2c1. The molecule has 0 aromatic carbocycles. The third kappa shape index (κ3) is 0.942. The molecule has 0 aliphatic rings. The van der Waals surface area contributed by atoms with Gasteiger partial charge in [-0.3, -0.25) is 9.20 Å². The summed E-state index contributed by atoms with van der Waals surface area (Å²) in [6.45, 7) is 3.85. The van der Waals surface area contributed by atoms with Gasteiger partial charge in [-0.15, -0.1) is 0 Å². The molecule has 3 nitrogen and oxygen atoms in total. The van der Waals surface area contributed by atoms with Crippen molar-refractivity contribution < 1.29 is 0 Å². The molecule has 3 heteroatoms. The van der Waals surface area contributed by atoms with E-state index >= 15 is 0 Å². The minimum absolute atomic E-state index is 0.0225. The largest absolute Gasteiger partial charge is 0.344 e. The van der Waals surface area contributed by atoms with E-state index in [1.807, 2.05) is 19.9 Å². The van der Waals surface area contributed by atoms with E-state index in [1.54, 1.807) is 16.7 Å². The zero-order chi connectivity index (χ0) is 8.72. The molecule has 0 unspecified atom stereocenters. The minimum Gasteiger partial charge on any atom is -0.344 e. The summed E-state index contributed by atoms with van der Waals surface area (Å²) in [6.07, 6.45) is 1.80. The smallest absolute Gasteiger partial charge is 0.256 e. The van der Waals surface area contributed by atoms with Gasteiger partial charge in [0.25, 0.3) is 5.56 Å². The third-order valence-corrected chi connectivity index (χ3v) is 1.86. The van der Waals surface area contributed by atoms with Crippen molar-refractivity contribution in [2.24, 2.45) is 0 Å². The molecule has 12 heavy (non-hydrogen) atoms. The number of rotatable bonds is 0. The summed E-state index contributed by atoms with van der Waals surface area (Å²) < 4.78 is 1.61. The average molecular weight is 162 g/mol. The second-order valence-electron chi connectivity index (χ2n) is 3.06. The van der Waals surface area contributed by atoms with Gasteiger partial charge in [0.2, 0.25) is 0 Å². The maximum absolute atomic E-state index is 11.4. The summed E-state index contributed by atoms with van der Waals surface area (Å²) >= 11 is 0. The van der Waals surface area contributed by atoms with Gasteiger partial charge in [0.1, 0.15) is 5.65 Å². The summed E-state index contributed by atoms with van der Waals surface area (Å²) in [6, 6.07) is 3.58. The molecule has 0 aliphatic carbocycles. The van der Waals surface area contributed by atoms with Crippen LogP contribution in [0.3, 0.4) is 0 Å². The Labute approximate surface area is 69.7 Å². The number of hydrogen-bond acceptors (Lipinski definition) is 1. The second kappa shape index (κ2) is 2.24. The van der Waals surface area contributed by atoms with Crippen LogP contribution in [0, 0.1) is 13.8 Å². The molecule has 0 radical (unpaired) electrons. The van der Waals surface area contributed by atoms with Crippen LogP contribution in [0.4, 0.5) is 0 Å². The van der Waals surface area contributed by atoms with Gasteiger partial charge >= 0.3 is 0 Å². The van der Waals surface area contributed by atoms with Crippen molar-refractivity contribution in [3.8, 4) is 0 Å². The number of hydrogen-bond donors (Lipinski definition) is 1.